The van der Waals surface area contributed by atoms with E-state index in [0.29, 0.717) is 18.9 Å². The van der Waals surface area contributed by atoms with E-state index in [1.54, 1.807) is 6.92 Å². The third-order valence-corrected chi connectivity index (χ3v) is 4.82. The summed E-state index contributed by atoms with van der Waals surface area (Å²) in [6.07, 6.45) is 6.65. The fourth-order valence-corrected chi connectivity index (χ4v) is 2.90. The SMILES string of the molecule is CCC(C)(CNC(=O)NCCC1CCCC(C)C1)C(=O)O. The van der Waals surface area contributed by atoms with Crippen LogP contribution in [-0.2, 0) is 4.79 Å². The van der Waals surface area contributed by atoms with Crippen molar-refractivity contribution in [3.05, 3.63) is 0 Å². The molecule has 3 atom stereocenters. The number of hydrogen-bond donors (Lipinski definition) is 3. The summed E-state index contributed by atoms with van der Waals surface area (Å²) in [7, 11) is 0. The Morgan fingerprint density at radius 1 is 1.29 bits per heavy atom. The molecule has 0 aromatic heterocycles. The molecule has 1 saturated carbocycles. The van der Waals surface area contributed by atoms with Crippen LogP contribution in [0.4, 0.5) is 4.79 Å². The lowest BCUT2D eigenvalue weighted by Gasteiger charge is -2.27. The van der Waals surface area contributed by atoms with E-state index >= 15 is 0 Å². The second kappa shape index (κ2) is 8.25. The van der Waals surface area contributed by atoms with Crippen LogP contribution in [0.25, 0.3) is 0 Å². The van der Waals surface area contributed by atoms with Gasteiger partial charge in [-0.1, -0.05) is 33.1 Å². The monoisotopic (exact) mass is 298 g/mol. The Kier molecular flexibility index (Phi) is 6.99. The topological polar surface area (TPSA) is 78.4 Å². The summed E-state index contributed by atoms with van der Waals surface area (Å²) in [5, 5.41) is 14.7. The summed E-state index contributed by atoms with van der Waals surface area (Å²) in [6, 6.07) is -0.264. The first-order chi connectivity index (χ1) is 9.87. The Morgan fingerprint density at radius 2 is 2.00 bits per heavy atom. The van der Waals surface area contributed by atoms with Crippen molar-refractivity contribution in [2.24, 2.45) is 17.3 Å². The first-order valence-electron chi connectivity index (χ1n) is 8.12. The van der Waals surface area contributed by atoms with Crippen molar-refractivity contribution in [3.63, 3.8) is 0 Å². The average Bonchev–Trinajstić information content (AvgIpc) is 2.44. The molecule has 0 bridgehead atoms. The van der Waals surface area contributed by atoms with Gasteiger partial charge in [0.05, 0.1) is 5.41 Å². The molecule has 3 unspecified atom stereocenters. The van der Waals surface area contributed by atoms with Crippen LogP contribution in [0.15, 0.2) is 0 Å². The van der Waals surface area contributed by atoms with Gasteiger partial charge in [-0.15, -0.1) is 0 Å². The van der Waals surface area contributed by atoms with Crippen LogP contribution in [0, 0.1) is 17.3 Å². The lowest BCUT2D eigenvalue weighted by atomic mass is 9.81. The quantitative estimate of drug-likeness (QED) is 0.676. The number of aliphatic carboxylic acids is 1. The number of amides is 2. The first-order valence-corrected chi connectivity index (χ1v) is 8.12. The highest BCUT2D eigenvalue weighted by atomic mass is 16.4. The van der Waals surface area contributed by atoms with Gasteiger partial charge in [-0.25, -0.2) is 4.79 Å². The van der Waals surface area contributed by atoms with Crippen molar-refractivity contribution in [3.8, 4) is 0 Å². The first kappa shape index (κ1) is 17.8. The van der Waals surface area contributed by atoms with Gasteiger partial charge in [-0.2, -0.15) is 0 Å². The minimum Gasteiger partial charge on any atom is -0.481 e. The van der Waals surface area contributed by atoms with E-state index in [1.165, 1.54) is 25.7 Å². The van der Waals surface area contributed by atoms with Crippen LogP contribution < -0.4 is 10.6 Å². The van der Waals surface area contributed by atoms with Gasteiger partial charge >= 0.3 is 12.0 Å². The molecule has 1 rings (SSSR count). The summed E-state index contributed by atoms with van der Waals surface area (Å²) in [5.74, 6) is 0.647. The highest BCUT2D eigenvalue weighted by Gasteiger charge is 2.31. The summed E-state index contributed by atoms with van der Waals surface area (Å²) < 4.78 is 0. The maximum absolute atomic E-state index is 11.7. The predicted octanol–water partition coefficient (Wildman–Crippen LogP) is 3.00. The normalized spacial score (nSPS) is 24.9. The van der Waals surface area contributed by atoms with E-state index in [0.717, 1.165) is 12.3 Å². The molecular formula is C16H30N2O3. The molecule has 1 aliphatic rings. The molecule has 5 nitrogen and oxygen atoms in total. The lowest BCUT2D eigenvalue weighted by Crippen LogP contribution is -2.45. The van der Waals surface area contributed by atoms with Gasteiger partial charge in [0.15, 0.2) is 0 Å². The maximum Gasteiger partial charge on any atom is 0.314 e. The summed E-state index contributed by atoms with van der Waals surface area (Å²) in [5.41, 5.74) is -0.893. The largest absolute Gasteiger partial charge is 0.481 e. The van der Waals surface area contributed by atoms with Crippen LogP contribution in [0.3, 0.4) is 0 Å². The van der Waals surface area contributed by atoms with Crippen molar-refractivity contribution in [2.45, 2.75) is 59.3 Å². The van der Waals surface area contributed by atoms with Gasteiger partial charge in [0.2, 0.25) is 0 Å². The highest BCUT2D eigenvalue weighted by Crippen LogP contribution is 2.30. The standard InChI is InChI=1S/C16H30N2O3/c1-4-16(3,14(19)20)11-18-15(21)17-9-8-13-7-5-6-12(2)10-13/h12-13H,4-11H2,1-3H3,(H,19,20)(H2,17,18,21). The van der Waals surface area contributed by atoms with E-state index in [9.17, 15) is 9.59 Å². The molecule has 1 aliphatic carbocycles. The molecule has 2 amide bonds. The fourth-order valence-electron chi connectivity index (χ4n) is 2.90. The second-order valence-corrected chi connectivity index (χ2v) is 6.76. The van der Waals surface area contributed by atoms with Crippen LogP contribution >= 0.6 is 0 Å². The highest BCUT2D eigenvalue weighted by molar-refractivity contribution is 5.77. The average molecular weight is 298 g/mol. The van der Waals surface area contributed by atoms with Crippen molar-refractivity contribution in [1.82, 2.24) is 10.6 Å². The fraction of sp³-hybridized carbons (Fsp3) is 0.875. The molecule has 0 aromatic rings. The smallest absolute Gasteiger partial charge is 0.314 e. The van der Waals surface area contributed by atoms with Gasteiger partial charge in [-0.05, 0) is 38.0 Å². The van der Waals surface area contributed by atoms with Gasteiger partial charge in [0, 0.05) is 13.1 Å². The third-order valence-electron chi connectivity index (χ3n) is 4.82. The molecule has 0 heterocycles. The molecule has 1 fully saturated rings. The van der Waals surface area contributed by atoms with E-state index in [1.807, 2.05) is 6.92 Å². The Balaban J connectivity index is 2.20. The maximum atomic E-state index is 11.7. The molecule has 0 aliphatic heterocycles. The summed E-state index contributed by atoms with van der Waals surface area (Å²) in [4.78, 5) is 22.9. The van der Waals surface area contributed by atoms with Crippen LogP contribution in [0.5, 0.6) is 0 Å². The lowest BCUT2D eigenvalue weighted by molar-refractivity contribution is -0.147. The van der Waals surface area contributed by atoms with Gasteiger partial charge in [-0.3, -0.25) is 4.79 Å². The van der Waals surface area contributed by atoms with E-state index in [4.69, 9.17) is 5.11 Å². The molecule has 0 saturated heterocycles. The number of rotatable bonds is 7. The zero-order valence-corrected chi connectivity index (χ0v) is 13.6. The summed E-state index contributed by atoms with van der Waals surface area (Å²) in [6.45, 7) is 6.59. The third kappa shape index (κ3) is 5.94. The number of hydrogen-bond acceptors (Lipinski definition) is 2. The van der Waals surface area contributed by atoms with Crippen LogP contribution in [-0.4, -0.2) is 30.2 Å². The zero-order chi connectivity index (χ0) is 15.9. The van der Waals surface area contributed by atoms with E-state index in [2.05, 4.69) is 17.6 Å². The predicted molar refractivity (Wildman–Crippen MR) is 83.2 cm³/mol. The number of carboxylic acid groups (broad SMARTS) is 1. The number of nitrogens with one attached hydrogen (secondary N) is 2. The van der Waals surface area contributed by atoms with Crippen LogP contribution in [0.1, 0.15) is 59.3 Å². The second-order valence-electron chi connectivity index (χ2n) is 6.76. The Bertz CT molecular complexity index is 359. The van der Waals surface area contributed by atoms with Gasteiger partial charge < -0.3 is 15.7 Å². The molecular weight excluding hydrogens is 268 g/mol. The van der Waals surface area contributed by atoms with Crippen molar-refractivity contribution >= 4 is 12.0 Å². The molecule has 5 heteroatoms. The van der Waals surface area contributed by atoms with Gasteiger partial charge in [0.1, 0.15) is 0 Å². The number of carbonyl (C=O) groups is 2. The molecule has 122 valence electrons. The minimum absolute atomic E-state index is 0.158. The molecule has 0 spiro atoms. The Hall–Kier alpha value is -1.26. The Morgan fingerprint density at radius 3 is 2.57 bits per heavy atom. The number of urea groups is 1. The van der Waals surface area contributed by atoms with Gasteiger partial charge in [0.25, 0.3) is 0 Å². The van der Waals surface area contributed by atoms with Crippen molar-refractivity contribution in [1.29, 1.82) is 0 Å². The van der Waals surface area contributed by atoms with Crippen molar-refractivity contribution < 1.29 is 14.7 Å². The van der Waals surface area contributed by atoms with Crippen LogP contribution in [0.2, 0.25) is 0 Å². The molecule has 21 heavy (non-hydrogen) atoms. The summed E-state index contributed by atoms with van der Waals surface area (Å²) >= 11 is 0. The zero-order valence-electron chi connectivity index (χ0n) is 13.6. The van der Waals surface area contributed by atoms with E-state index < -0.39 is 11.4 Å². The Labute approximate surface area is 127 Å². The number of carbonyl (C=O) groups excluding carboxylic acids is 1. The van der Waals surface area contributed by atoms with Crippen molar-refractivity contribution in [2.75, 3.05) is 13.1 Å². The molecule has 3 N–H and O–H groups in total. The molecule has 0 aromatic carbocycles. The number of carboxylic acids is 1. The van der Waals surface area contributed by atoms with E-state index in [-0.39, 0.29) is 12.6 Å². The minimum atomic E-state index is -0.893. The molecule has 0 radical (unpaired) electrons.